The molecule has 1 aromatic heterocycles. The van der Waals surface area contributed by atoms with Crippen LogP contribution in [0.4, 0.5) is 0 Å². The Morgan fingerprint density at radius 3 is 2.92 bits per heavy atom. The van der Waals surface area contributed by atoms with Crippen molar-refractivity contribution in [2.45, 2.75) is 6.61 Å². The van der Waals surface area contributed by atoms with E-state index in [1.807, 2.05) is 0 Å². The summed E-state index contributed by atoms with van der Waals surface area (Å²) < 4.78 is 7.19. The minimum atomic E-state index is 0.685. The standard InChI is InChI=1S/C11H13NO/c1-12-6-5-10-7-9(8-13-2)3-4-11(10)12/h3-7H,8H2,1-2H3. The fourth-order valence-electron chi connectivity index (χ4n) is 1.59. The van der Waals surface area contributed by atoms with E-state index in [0.717, 1.165) is 0 Å². The molecule has 13 heavy (non-hydrogen) atoms. The van der Waals surface area contributed by atoms with Crippen molar-refractivity contribution in [1.29, 1.82) is 0 Å². The average Bonchev–Trinajstić information content (AvgIpc) is 2.48. The van der Waals surface area contributed by atoms with Crippen molar-refractivity contribution < 1.29 is 4.74 Å². The van der Waals surface area contributed by atoms with Gasteiger partial charge in [0.25, 0.3) is 0 Å². The van der Waals surface area contributed by atoms with Gasteiger partial charge in [-0.25, -0.2) is 0 Å². The van der Waals surface area contributed by atoms with Gasteiger partial charge in [0.05, 0.1) is 6.61 Å². The Morgan fingerprint density at radius 2 is 2.15 bits per heavy atom. The third kappa shape index (κ3) is 1.45. The smallest absolute Gasteiger partial charge is 0.0713 e. The summed E-state index contributed by atoms with van der Waals surface area (Å²) in [5.74, 6) is 0. The third-order valence-electron chi connectivity index (χ3n) is 2.26. The second-order valence-electron chi connectivity index (χ2n) is 3.25. The fourth-order valence-corrected chi connectivity index (χ4v) is 1.59. The fraction of sp³-hybridized carbons (Fsp3) is 0.273. The van der Waals surface area contributed by atoms with Gasteiger partial charge >= 0.3 is 0 Å². The largest absolute Gasteiger partial charge is 0.380 e. The van der Waals surface area contributed by atoms with E-state index in [0.29, 0.717) is 6.61 Å². The van der Waals surface area contributed by atoms with Gasteiger partial charge in [-0.1, -0.05) is 6.07 Å². The first-order chi connectivity index (χ1) is 6.31. The number of ether oxygens (including phenoxy) is 1. The highest BCUT2D eigenvalue weighted by Crippen LogP contribution is 2.16. The first-order valence-corrected chi connectivity index (χ1v) is 4.34. The van der Waals surface area contributed by atoms with Crippen LogP contribution in [0.1, 0.15) is 5.56 Å². The van der Waals surface area contributed by atoms with Gasteiger partial charge in [-0.2, -0.15) is 0 Å². The van der Waals surface area contributed by atoms with Gasteiger partial charge in [-0.05, 0) is 29.1 Å². The molecule has 1 aromatic carbocycles. The van der Waals surface area contributed by atoms with Crippen molar-refractivity contribution in [1.82, 2.24) is 4.57 Å². The minimum absolute atomic E-state index is 0.685. The molecule has 0 fully saturated rings. The van der Waals surface area contributed by atoms with Crippen LogP contribution in [0, 0.1) is 0 Å². The van der Waals surface area contributed by atoms with E-state index in [4.69, 9.17) is 4.74 Å². The molecule has 2 heteroatoms. The van der Waals surface area contributed by atoms with Crippen LogP contribution in [0.5, 0.6) is 0 Å². The van der Waals surface area contributed by atoms with E-state index in [1.165, 1.54) is 16.5 Å². The quantitative estimate of drug-likeness (QED) is 0.683. The van der Waals surface area contributed by atoms with Gasteiger partial charge in [-0.3, -0.25) is 0 Å². The number of fused-ring (bicyclic) bond motifs is 1. The maximum absolute atomic E-state index is 5.08. The molecule has 0 atom stereocenters. The predicted octanol–water partition coefficient (Wildman–Crippen LogP) is 2.32. The Labute approximate surface area is 77.7 Å². The Morgan fingerprint density at radius 1 is 1.31 bits per heavy atom. The zero-order valence-electron chi connectivity index (χ0n) is 7.95. The molecule has 0 radical (unpaired) electrons. The van der Waals surface area contributed by atoms with Crippen molar-refractivity contribution >= 4 is 10.9 Å². The summed E-state index contributed by atoms with van der Waals surface area (Å²) in [7, 11) is 3.77. The molecule has 0 unspecified atom stereocenters. The summed E-state index contributed by atoms with van der Waals surface area (Å²) in [5.41, 5.74) is 2.49. The molecule has 2 rings (SSSR count). The summed E-state index contributed by atoms with van der Waals surface area (Å²) in [6.45, 7) is 0.685. The molecule has 0 spiro atoms. The minimum Gasteiger partial charge on any atom is -0.380 e. The molecular formula is C11H13NO. The van der Waals surface area contributed by atoms with Gasteiger partial charge in [0.1, 0.15) is 0 Å². The number of nitrogens with zero attached hydrogens (tertiary/aromatic N) is 1. The second-order valence-corrected chi connectivity index (χ2v) is 3.25. The summed E-state index contributed by atoms with van der Waals surface area (Å²) in [4.78, 5) is 0. The lowest BCUT2D eigenvalue weighted by atomic mass is 10.2. The molecular weight excluding hydrogens is 162 g/mol. The van der Waals surface area contributed by atoms with Crippen LogP contribution in [0.15, 0.2) is 30.5 Å². The molecule has 0 bridgehead atoms. The van der Waals surface area contributed by atoms with Gasteiger partial charge in [-0.15, -0.1) is 0 Å². The zero-order chi connectivity index (χ0) is 9.26. The Bertz CT molecular complexity index is 417. The van der Waals surface area contributed by atoms with Gasteiger partial charge in [0, 0.05) is 25.9 Å². The molecule has 0 aliphatic rings. The summed E-state index contributed by atoms with van der Waals surface area (Å²) in [6.07, 6.45) is 2.07. The third-order valence-corrected chi connectivity index (χ3v) is 2.26. The molecule has 0 amide bonds. The van der Waals surface area contributed by atoms with Gasteiger partial charge < -0.3 is 9.30 Å². The first-order valence-electron chi connectivity index (χ1n) is 4.34. The van der Waals surface area contributed by atoms with E-state index in [2.05, 4.69) is 42.1 Å². The monoisotopic (exact) mass is 175 g/mol. The Hall–Kier alpha value is -1.28. The molecule has 68 valence electrons. The Balaban J connectivity index is 2.50. The van der Waals surface area contributed by atoms with Crippen LogP contribution in [0.3, 0.4) is 0 Å². The van der Waals surface area contributed by atoms with Crippen molar-refractivity contribution in [2.24, 2.45) is 7.05 Å². The molecule has 0 aliphatic carbocycles. The molecule has 2 nitrogen and oxygen atoms in total. The zero-order valence-corrected chi connectivity index (χ0v) is 7.95. The number of rotatable bonds is 2. The van der Waals surface area contributed by atoms with E-state index >= 15 is 0 Å². The number of aryl methyl sites for hydroxylation is 1. The molecule has 0 N–H and O–H groups in total. The van der Waals surface area contributed by atoms with Crippen molar-refractivity contribution in [3.05, 3.63) is 36.0 Å². The van der Waals surface area contributed by atoms with Crippen LogP contribution in [0.2, 0.25) is 0 Å². The van der Waals surface area contributed by atoms with E-state index < -0.39 is 0 Å². The van der Waals surface area contributed by atoms with Crippen LogP contribution < -0.4 is 0 Å². The predicted molar refractivity (Wildman–Crippen MR) is 53.6 cm³/mol. The maximum atomic E-state index is 5.08. The van der Waals surface area contributed by atoms with E-state index in [9.17, 15) is 0 Å². The summed E-state index contributed by atoms with van der Waals surface area (Å²) in [5, 5.41) is 1.28. The van der Waals surface area contributed by atoms with E-state index in [-0.39, 0.29) is 0 Å². The average molecular weight is 175 g/mol. The van der Waals surface area contributed by atoms with Crippen molar-refractivity contribution in [3.8, 4) is 0 Å². The van der Waals surface area contributed by atoms with Crippen LogP contribution in [0.25, 0.3) is 10.9 Å². The number of aromatic nitrogens is 1. The lowest BCUT2D eigenvalue weighted by molar-refractivity contribution is 0.185. The number of hydrogen-bond donors (Lipinski definition) is 0. The number of benzene rings is 1. The number of hydrogen-bond acceptors (Lipinski definition) is 1. The highest BCUT2D eigenvalue weighted by molar-refractivity contribution is 5.80. The molecule has 2 aromatic rings. The SMILES string of the molecule is COCc1ccc2c(ccn2C)c1. The second kappa shape index (κ2) is 3.23. The summed E-state index contributed by atoms with van der Waals surface area (Å²) in [6, 6.07) is 8.52. The lowest BCUT2D eigenvalue weighted by Gasteiger charge is -2.00. The maximum Gasteiger partial charge on any atom is 0.0713 e. The summed E-state index contributed by atoms with van der Waals surface area (Å²) >= 11 is 0. The number of methoxy groups -OCH3 is 1. The van der Waals surface area contributed by atoms with E-state index in [1.54, 1.807) is 7.11 Å². The molecule has 0 saturated heterocycles. The van der Waals surface area contributed by atoms with Crippen molar-refractivity contribution in [2.75, 3.05) is 7.11 Å². The van der Waals surface area contributed by atoms with Crippen LogP contribution in [-0.4, -0.2) is 11.7 Å². The molecule has 1 heterocycles. The van der Waals surface area contributed by atoms with Crippen LogP contribution >= 0.6 is 0 Å². The lowest BCUT2D eigenvalue weighted by Crippen LogP contribution is -1.88. The van der Waals surface area contributed by atoms with Crippen LogP contribution in [-0.2, 0) is 18.4 Å². The van der Waals surface area contributed by atoms with Crippen molar-refractivity contribution in [3.63, 3.8) is 0 Å². The Kier molecular flexibility index (Phi) is 2.07. The molecule has 0 aliphatic heterocycles. The van der Waals surface area contributed by atoms with Gasteiger partial charge in [0.15, 0.2) is 0 Å². The molecule has 0 saturated carbocycles. The highest BCUT2D eigenvalue weighted by atomic mass is 16.5. The van der Waals surface area contributed by atoms with Gasteiger partial charge in [0.2, 0.25) is 0 Å². The first kappa shape index (κ1) is 8.32. The normalized spacial score (nSPS) is 10.9. The highest BCUT2D eigenvalue weighted by Gasteiger charge is 1.98. The topological polar surface area (TPSA) is 14.2 Å².